The Bertz CT molecular complexity index is 313. The van der Waals surface area contributed by atoms with Gasteiger partial charge in [-0.1, -0.05) is 26.2 Å². The molecule has 1 heterocycles. The highest BCUT2D eigenvalue weighted by atomic mass is 16.2. The summed E-state index contributed by atoms with van der Waals surface area (Å²) in [6.07, 6.45) is 6.65. The van der Waals surface area contributed by atoms with E-state index >= 15 is 0 Å². The van der Waals surface area contributed by atoms with Gasteiger partial charge in [0.25, 0.3) is 5.91 Å². The van der Waals surface area contributed by atoms with E-state index in [0.717, 1.165) is 31.6 Å². The SMILES string of the molecule is CCC1CCCC2(CC1)NC(=NC)NC2=O. The predicted molar refractivity (Wildman–Crippen MR) is 64.2 cm³/mol. The number of hydrogen-bond donors (Lipinski definition) is 2. The lowest BCUT2D eigenvalue weighted by Gasteiger charge is -2.24. The van der Waals surface area contributed by atoms with Crippen LogP contribution in [0, 0.1) is 5.92 Å². The molecule has 2 rings (SSSR count). The van der Waals surface area contributed by atoms with Crippen molar-refractivity contribution in [1.29, 1.82) is 0 Å². The van der Waals surface area contributed by atoms with Crippen LogP contribution in [0.3, 0.4) is 0 Å². The zero-order valence-corrected chi connectivity index (χ0v) is 10.2. The number of guanidine groups is 1. The summed E-state index contributed by atoms with van der Waals surface area (Å²) < 4.78 is 0. The normalized spacial score (nSPS) is 37.2. The topological polar surface area (TPSA) is 53.5 Å². The molecule has 0 radical (unpaired) electrons. The molecular formula is C12H21N3O. The van der Waals surface area contributed by atoms with Crippen molar-refractivity contribution in [2.75, 3.05) is 7.05 Å². The van der Waals surface area contributed by atoms with Gasteiger partial charge in [-0.15, -0.1) is 0 Å². The first-order chi connectivity index (χ1) is 7.70. The van der Waals surface area contributed by atoms with Crippen LogP contribution in [0.1, 0.15) is 45.4 Å². The molecule has 2 N–H and O–H groups in total. The van der Waals surface area contributed by atoms with Gasteiger partial charge in [0.15, 0.2) is 5.96 Å². The average Bonchev–Trinajstić information content (AvgIpc) is 2.49. The van der Waals surface area contributed by atoms with Crippen LogP contribution in [0.25, 0.3) is 0 Å². The highest BCUT2D eigenvalue weighted by Crippen LogP contribution is 2.33. The lowest BCUT2D eigenvalue weighted by molar-refractivity contribution is -0.124. The van der Waals surface area contributed by atoms with Gasteiger partial charge in [0.1, 0.15) is 5.54 Å². The molecule has 16 heavy (non-hydrogen) atoms. The number of carbonyl (C=O) groups excluding carboxylic acids is 1. The van der Waals surface area contributed by atoms with Gasteiger partial charge in [-0.2, -0.15) is 0 Å². The van der Waals surface area contributed by atoms with Crippen LogP contribution in [0.2, 0.25) is 0 Å². The van der Waals surface area contributed by atoms with Crippen molar-refractivity contribution in [3.8, 4) is 0 Å². The summed E-state index contributed by atoms with van der Waals surface area (Å²) in [7, 11) is 1.70. The highest BCUT2D eigenvalue weighted by molar-refractivity contribution is 6.08. The minimum absolute atomic E-state index is 0.116. The molecule has 0 bridgehead atoms. The van der Waals surface area contributed by atoms with Crippen LogP contribution < -0.4 is 10.6 Å². The molecule has 2 unspecified atom stereocenters. The van der Waals surface area contributed by atoms with Gasteiger partial charge >= 0.3 is 0 Å². The Hall–Kier alpha value is -1.06. The maximum Gasteiger partial charge on any atom is 0.252 e. The quantitative estimate of drug-likeness (QED) is 0.706. The minimum atomic E-state index is -0.362. The molecule has 1 saturated carbocycles. The first-order valence-corrected chi connectivity index (χ1v) is 6.26. The molecule has 90 valence electrons. The Morgan fingerprint density at radius 1 is 1.44 bits per heavy atom. The van der Waals surface area contributed by atoms with E-state index in [-0.39, 0.29) is 11.4 Å². The van der Waals surface area contributed by atoms with Gasteiger partial charge in [0, 0.05) is 7.05 Å². The molecule has 2 aliphatic rings. The molecule has 1 aliphatic heterocycles. The van der Waals surface area contributed by atoms with Crippen molar-refractivity contribution in [1.82, 2.24) is 10.6 Å². The van der Waals surface area contributed by atoms with Crippen LogP contribution in [-0.2, 0) is 4.79 Å². The van der Waals surface area contributed by atoms with Crippen LogP contribution in [0.15, 0.2) is 4.99 Å². The van der Waals surface area contributed by atoms with Gasteiger partial charge in [-0.3, -0.25) is 15.1 Å². The number of aliphatic imine (C=N–C) groups is 1. The minimum Gasteiger partial charge on any atom is -0.342 e. The largest absolute Gasteiger partial charge is 0.342 e. The third-order valence-electron chi connectivity index (χ3n) is 4.02. The summed E-state index contributed by atoms with van der Waals surface area (Å²) in [6, 6.07) is 0. The molecule has 0 aromatic rings. The second kappa shape index (κ2) is 4.44. The van der Waals surface area contributed by atoms with E-state index in [4.69, 9.17) is 0 Å². The second-order valence-electron chi connectivity index (χ2n) is 4.94. The standard InChI is InChI=1S/C12H21N3O/c1-3-9-5-4-7-12(8-6-9)10(16)14-11(13-2)15-12/h9H,3-8H2,1-2H3,(H2,13,14,15,16). The first-order valence-electron chi connectivity index (χ1n) is 6.26. The Morgan fingerprint density at radius 2 is 2.25 bits per heavy atom. The highest BCUT2D eigenvalue weighted by Gasteiger charge is 2.45. The number of rotatable bonds is 1. The Morgan fingerprint density at radius 3 is 2.88 bits per heavy atom. The van der Waals surface area contributed by atoms with Crippen molar-refractivity contribution in [2.24, 2.45) is 10.9 Å². The van der Waals surface area contributed by atoms with Crippen LogP contribution >= 0.6 is 0 Å². The molecule has 4 heteroatoms. The molecule has 4 nitrogen and oxygen atoms in total. The van der Waals surface area contributed by atoms with Gasteiger partial charge in [-0.05, 0) is 25.2 Å². The lowest BCUT2D eigenvalue weighted by atomic mass is 9.89. The van der Waals surface area contributed by atoms with Crippen molar-refractivity contribution in [3.05, 3.63) is 0 Å². The number of nitrogens with zero attached hydrogens (tertiary/aromatic N) is 1. The third-order valence-corrected chi connectivity index (χ3v) is 4.02. The van der Waals surface area contributed by atoms with Crippen molar-refractivity contribution in [3.63, 3.8) is 0 Å². The fourth-order valence-electron chi connectivity index (χ4n) is 2.83. The van der Waals surface area contributed by atoms with Crippen LogP contribution in [-0.4, -0.2) is 24.5 Å². The summed E-state index contributed by atoms with van der Waals surface area (Å²) >= 11 is 0. The molecule has 2 atom stereocenters. The van der Waals surface area contributed by atoms with Crippen molar-refractivity contribution in [2.45, 2.75) is 51.0 Å². The van der Waals surface area contributed by atoms with Crippen LogP contribution in [0.4, 0.5) is 0 Å². The summed E-state index contributed by atoms with van der Waals surface area (Å²) in [5.41, 5.74) is -0.362. The molecule has 1 saturated heterocycles. The van der Waals surface area contributed by atoms with Crippen LogP contribution in [0.5, 0.6) is 0 Å². The molecule has 0 aromatic heterocycles. The Labute approximate surface area is 96.9 Å². The predicted octanol–water partition coefficient (Wildman–Crippen LogP) is 1.42. The van der Waals surface area contributed by atoms with Gasteiger partial charge in [-0.25, -0.2) is 0 Å². The van der Waals surface area contributed by atoms with E-state index in [2.05, 4.69) is 22.5 Å². The average molecular weight is 223 g/mol. The smallest absolute Gasteiger partial charge is 0.252 e. The maximum atomic E-state index is 12.0. The maximum absolute atomic E-state index is 12.0. The number of carbonyl (C=O) groups is 1. The monoisotopic (exact) mass is 223 g/mol. The zero-order valence-electron chi connectivity index (χ0n) is 10.2. The van der Waals surface area contributed by atoms with E-state index < -0.39 is 0 Å². The molecule has 1 amide bonds. The third kappa shape index (κ3) is 1.93. The number of nitrogens with one attached hydrogen (secondary N) is 2. The number of hydrogen-bond acceptors (Lipinski definition) is 2. The summed E-state index contributed by atoms with van der Waals surface area (Å²) in [4.78, 5) is 16.0. The molecule has 2 fully saturated rings. The van der Waals surface area contributed by atoms with E-state index in [1.54, 1.807) is 7.05 Å². The van der Waals surface area contributed by atoms with E-state index in [9.17, 15) is 4.79 Å². The summed E-state index contributed by atoms with van der Waals surface area (Å²) in [5, 5.41) is 6.10. The first kappa shape index (κ1) is 11.4. The Balaban J connectivity index is 2.11. The fraction of sp³-hybridized carbons (Fsp3) is 0.833. The summed E-state index contributed by atoms with van der Waals surface area (Å²) in [6.45, 7) is 2.24. The van der Waals surface area contributed by atoms with Crippen molar-refractivity contribution >= 4 is 11.9 Å². The molecular weight excluding hydrogens is 202 g/mol. The number of amides is 1. The van der Waals surface area contributed by atoms with Crippen molar-refractivity contribution < 1.29 is 4.79 Å². The van der Waals surface area contributed by atoms with Gasteiger partial charge in [0.2, 0.25) is 0 Å². The molecule has 0 aromatic carbocycles. The van der Waals surface area contributed by atoms with E-state index in [1.165, 1.54) is 12.8 Å². The lowest BCUT2D eigenvalue weighted by Crippen LogP contribution is -2.46. The fourth-order valence-corrected chi connectivity index (χ4v) is 2.83. The van der Waals surface area contributed by atoms with E-state index in [0.29, 0.717) is 5.96 Å². The zero-order chi connectivity index (χ0) is 11.6. The van der Waals surface area contributed by atoms with Gasteiger partial charge in [0.05, 0.1) is 0 Å². The van der Waals surface area contributed by atoms with Gasteiger partial charge < -0.3 is 5.32 Å². The molecule has 1 aliphatic carbocycles. The molecule has 1 spiro atoms. The Kier molecular flexibility index (Phi) is 3.17. The second-order valence-corrected chi connectivity index (χ2v) is 4.94. The summed E-state index contributed by atoms with van der Waals surface area (Å²) in [5.74, 6) is 1.54. The van der Waals surface area contributed by atoms with E-state index in [1.807, 2.05) is 0 Å².